The van der Waals surface area contributed by atoms with Gasteiger partial charge in [-0.3, -0.25) is 25.0 Å². The molecule has 1 aliphatic heterocycles. The summed E-state index contributed by atoms with van der Waals surface area (Å²) in [7, 11) is 0. The van der Waals surface area contributed by atoms with E-state index in [2.05, 4.69) is 21.2 Å². The van der Waals surface area contributed by atoms with E-state index in [1.807, 2.05) is 45.0 Å². The van der Waals surface area contributed by atoms with Crippen molar-refractivity contribution < 1.29 is 24.5 Å². The number of nitrogens with one attached hydrogen (secondary N) is 3. The van der Waals surface area contributed by atoms with E-state index in [1.54, 1.807) is 0 Å². The number of β-amino-alcohol motifs (C(OH)–C–C–N with tert-alkyl or cyclic N) is 1. The topological polar surface area (TPSA) is 181 Å². The molecule has 13 nitrogen and oxygen atoms in total. The lowest BCUT2D eigenvalue weighted by Crippen LogP contribution is -2.49. The van der Waals surface area contributed by atoms with E-state index in [4.69, 9.17) is 4.74 Å². The average Bonchev–Trinajstić information content (AvgIpc) is 2.85. The number of aliphatic hydroxyl groups excluding tert-OH is 1. The molecule has 1 aliphatic rings. The first-order valence-corrected chi connectivity index (χ1v) is 11.6. The van der Waals surface area contributed by atoms with Crippen LogP contribution in [0.2, 0.25) is 0 Å². The van der Waals surface area contributed by atoms with Crippen LogP contribution >= 0.6 is 0 Å². The van der Waals surface area contributed by atoms with Crippen LogP contribution in [0.4, 0.5) is 17.1 Å². The fourth-order valence-electron chi connectivity index (χ4n) is 3.67. The molecule has 0 radical (unpaired) electrons. The number of aliphatic hydroxyl groups is 1. The molecule has 198 valence electrons. The number of hydrazone groups is 1. The number of hydrogen-bond acceptors (Lipinski definition) is 10. The largest absolute Gasteiger partial charge is 0.484 e. The third-order valence-corrected chi connectivity index (χ3v) is 5.77. The summed E-state index contributed by atoms with van der Waals surface area (Å²) < 4.78 is 5.34. The highest BCUT2D eigenvalue weighted by Gasteiger charge is 2.23. The van der Waals surface area contributed by atoms with Gasteiger partial charge in [-0.05, 0) is 31.5 Å². The molecule has 0 saturated carbocycles. The number of amides is 1. The smallest absolute Gasteiger partial charge is 0.311 e. The van der Waals surface area contributed by atoms with Crippen LogP contribution in [0, 0.1) is 26.1 Å². The average molecular weight is 515 g/mol. The Kier molecular flexibility index (Phi) is 8.73. The Morgan fingerprint density at radius 3 is 2.51 bits per heavy atom. The summed E-state index contributed by atoms with van der Waals surface area (Å²) in [5.74, 6) is -0.334. The number of non-ortho nitro benzene ring substituents is 1. The van der Waals surface area contributed by atoms with Gasteiger partial charge < -0.3 is 20.5 Å². The zero-order valence-corrected chi connectivity index (χ0v) is 20.8. The first-order chi connectivity index (χ1) is 17.4. The summed E-state index contributed by atoms with van der Waals surface area (Å²) in [5.41, 5.74) is 3.96. The Balaban J connectivity index is 1.49. The Hall–Kier alpha value is -4.10. The molecule has 0 spiro atoms. The number of rotatable bonds is 12. The molecule has 37 heavy (non-hydrogen) atoms. The molecule has 0 fully saturated rings. The highest BCUT2D eigenvalue weighted by Crippen LogP contribution is 2.31. The number of ether oxygens (including phenoxy) is 1. The van der Waals surface area contributed by atoms with Crippen LogP contribution in [0.15, 0.2) is 47.6 Å². The van der Waals surface area contributed by atoms with E-state index >= 15 is 0 Å². The molecule has 13 heteroatoms. The molecule has 1 heterocycles. The van der Waals surface area contributed by atoms with Crippen molar-refractivity contribution in [2.75, 3.05) is 25.0 Å². The monoisotopic (exact) mass is 514 g/mol. The third kappa shape index (κ3) is 7.69. The molecular formula is C24H30N6O7. The second-order valence-corrected chi connectivity index (χ2v) is 9.46. The zero-order valence-electron chi connectivity index (χ0n) is 20.8. The molecule has 2 unspecified atom stereocenters. The van der Waals surface area contributed by atoms with Crippen molar-refractivity contribution in [2.24, 2.45) is 11.0 Å². The highest BCUT2D eigenvalue weighted by molar-refractivity contribution is 6.05. The number of nitro groups is 2. The number of nitrogens with zero attached hydrogens (tertiary/aromatic N) is 3. The van der Waals surface area contributed by atoms with E-state index < -0.39 is 27.2 Å². The van der Waals surface area contributed by atoms with E-state index in [-0.39, 0.29) is 36.4 Å². The van der Waals surface area contributed by atoms with Gasteiger partial charge in [-0.15, -0.1) is 0 Å². The minimum absolute atomic E-state index is 0.0363. The molecule has 3 rings (SSSR count). The van der Waals surface area contributed by atoms with Gasteiger partial charge in [0.05, 0.1) is 21.6 Å². The number of benzene rings is 2. The molecule has 0 aliphatic carbocycles. The Morgan fingerprint density at radius 2 is 1.89 bits per heavy atom. The van der Waals surface area contributed by atoms with Gasteiger partial charge in [0, 0.05) is 48.8 Å². The van der Waals surface area contributed by atoms with E-state index in [1.165, 1.54) is 0 Å². The second-order valence-electron chi connectivity index (χ2n) is 9.46. The van der Waals surface area contributed by atoms with E-state index in [0.29, 0.717) is 13.0 Å². The number of nitro benzene ring substituents is 2. The van der Waals surface area contributed by atoms with Gasteiger partial charge in [0.1, 0.15) is 12.7 Å². The van der Waals surface area contributed by atoms with Crippen LogP contribution in [0.5, 0.6) is 5.75 Å². The molecule has 0 saturated heterocycles. The number of carbonyl (C=O) groups excluding carboxylic acids is 1. The standard InChI is InChI=1S/C24H30N6O7/c1-15-10-22(32)27-28-23(15)16-4-6-17(7-5-16)25-14-24(2,3)26-12-19(31)13-37-21-11-18(29(33)34)8-9-20(21)30(35)36/h4-9,11,15,19,25-26,31H,10,12-14H2,1-3H3,(H,27,32). The van der Waals surface area contributed by atoms with Gasteiger partial charge in [0.15, 0.2) is 0 Å². The van der Waals surface area contributed by atoms with Crippen molar-refractivity contribution in [3.63, 3.8) is 0 Å². The van der Waals surface area contributed by atoms with Gasteiger partial charge in [-0.25, -0.2) is 5.43 Å². The lowest BCUT2D eigenvalue weighted by molar-refractivity contribution is -0.390. The number of anilines is 1. The first-order valence-electron chi connectivity index (χ1n) is 11.6. The van der Waals surface area contributed by atoms with E-state index in [9.17, 15) is 30.1 Å². The van der Waals surface area contributed by atoms with Crippen LogP contribution < -0.4 is 20.8 Å². The Morgan fingerprint density at radius 1 is 1.19 bits per heavy atom. The molecule has 2 aromatic rings. The predicted octanol–water partition coefficient (Wildman–Crippen LogP) is 2.58. The normalized spacial score (nSPS) is 16.4. The molecule has 1 amide bonds. The van der Waals surface area contributed by atoms with Crippen LogP contribution in [-0.2, 0) is 4.79 Å². The summed E-state index contributed by atoms with van der Waals surface area (Å²) in [4.78, 5) is 32.2. The molecule has 0 aromatic heterocycles. The Labute approximate surface area is 213 Å². The molecule has 2 aromatic carbocycles. The van der Waals surface area contributed by atoms with E-state index in [0.717, 1.165) is 35.2 Å². The predicted molar refractivity (Wildman–Crippen MR) is 137 cm³/mol. The van der Waals surface area contributed by atoms with Gasteiger partial charge >= 0.3 is 5.69 Å². The van der Waals surface area contributed by atoms with Crippen molar-refractivity contribution >= 4 is 28.7 Å². The maximum absolute atomic E-state index is 11.4. The van der Waals surface area contributed by atoms with Crippen molar-refractivity contribution in [2.45, 2.75) is 38.8 Å². The summed E-state index contributed by atoms with van der Waals surface area (Å²) >= 11 is 0. The quantitative estimate of drug-likeness (QED) is 0.244. The van der Waals surface area contributed by atoms with Crippen LogP contribution in [0.3, 0.4) is 0 Å². The summed E-state index contributed by atoms with van der Waals surface area (Å²) in [6.07, 6.45) is -0.617. The van der Waals surface area contributed by atoms with Crippen molar-refractivity contribution in [3.8, 4) is 5.75 Å². The lowest BCUT2D eigenvalue weighted by Gasteiger charge is -2.28. The molecule has 0 bridgehead atoms. The van der Waals surface area contributed by atoms with Crippen molar-refractivity contribution in [1.29, 1.82) is 0 Å². The van der Waals surface area contributed by atoms with Gasteiger partial charge in [-0.2, -0.15) is 5.10 Å². The molecule has 2 atom stereocenters. The van der Waals surface area contributed by atoms with Gasteiger partial charge in [0.25, 0.3) is 5.69 Å². The van der Waals surface area contributed by atoms with Crippen LogP contribution in [-0.4, -0.2) is 57.9 Å². The number of carbonyl (C=O) groups is 1. The maximum Gasteiger partial charge on any atom is 0.311 e. The van der Waals surface area contributed by atoms with Gasteiger partial charge in [0.2, 0.25) is 11.7 Å². The minimum Gasteiger partial charge on any atom is -0.484 e. The molecular weight excluding hydrogens is 484 g/mol. The Bertz CT molecular complexity index is 1180. The van der Waals surface area contributed by atoms with Crippen LogP contribution in [0.25, 0.3) is 0 Å². The zero-order chi connectivity index (χ0) is 27.2. The maximum atomic E-state index is 11.4. The summed E-state index contributed by atoms with van der Waals surface area (Å²) in [6.45, 7) is 6.19. The minimum atomic E-state index is -1.02. The number of hydrogen-bond donors (Lipinski definition) is 4. The molecule has 4 N–H and O–H groups in total. The lowest BCUT2D eigenvalue weighted by atomic mass is 9.94. The third-order valence-electron chi connectivity index (χ3n) is 5.77. The fourth-order valence-corrected chi connectivity index (χ4v) is 3.67. The van der Waals surface area contributed by atoms with Gasteiger partial charge in [-0.1, -0.05) is 19.1 Å². The SMILES string of the molecule is CC1CC(=O)NN=C1c1ccc(NCC(C)(C)NCC(O)COc2cc([N+](=O)[O-])ccc2[N+](=O)[O-])cc1. The summed E-state index contributed by atoms with van der Waals surface area (Å²) in [5, 5.41) is 43.1. The fraction of sp³-hybridized carbons (Fsp3) is 0.417. The van der Waals surface area contributed by atoms with Crippen molar-refractivity contribution in [3.05, 3.63) is 68.3 Å². The second kappa shape index (κ2) is 11.8. The first kappa shape index (κ1) is 27.5. The van der Waals surface area contributed by atoms with Crippen LogP contribution in [0.1, 0.15) is 32.8 Å². The van der Waals surface area contributed by atoms with Crippen molar-refractivity contribution in [1.82, 2.24) is 10.7 Å². The summed E-state index contributed by atoms with van der Waals surface area (Å²) in [6, 6.07) is 10.7. The highest BCUT2D eigenvalue weighted by atomic mass is 16.6.